The second-order valence-corrected chi connectivity index (χ2v) is 7.86. The van der Waals surface area contributed by atoms with Crippen molar-refractivity contribution in [1.82, 2.24) is 19.7 Å². The van der Waals surface area contributed by atoms with Gasteiger partial charge < -0.3 is 20.3 Å². The van der Waals surface area contributed by atoms with Crippen molar-refractivity contribution >= 4 is 10.9 Å². The number of H-pyrrole nitrogens is 1. The Hall–Kier alpha value is -3.48. The maximum absolute atomic E-state index is 10.5. The number of rotatable bonds is 4. The molecule has 2 aromatic heterocycles. The van der Waals surface area contributed by atoms with E-state index in [9.17, 15) is 15.3 Å². The quantitative estimate of drug-likeness (QED) is 0.400. The molecule has 29 heavy (non-hydrogen) atoms. The van der Waals surface area contributed by atoms with Crippen LogP contribution in [0.25, 0.3) is 28.0 Å². The van der Waals surface area contributed by atoms with Gasteiger partial charge in [0.25, 0.3) is 0 Å². The van der Waals surface area contributed by atoms with Gasteiger partial charge in [0.15, 0.2) is 5.82 Å². The molecule has 0 aliphatic rings. The lowest BCUT2D eigenvalue weighted by Crippen LogP contribution is -1.99. The highest BCUT2D eigenvalue weighted by molar-refractivity contribution is 5.90. The van der Waals surface area contributed by atoms with Gasteiger partial charge in [-0.15, -0.1) is 5.10 Å². The highest BCUT2D eigenvalue weighted by Crippen LogP contribution is 2.39. The SMILES string of the molecule is CC(C)c1cc2c(-n3c(O)nnc3-c3cc(C(C)C)c(O)cc3O)cccc2[nH]1. The Morgan fingerprint density at radius 2 is 1.66 bits per heavy atom. The number of nitrogens with zero attached hydrogens (tertiary/aromatic N) is 3. The molecule has 4 aromatic rings. The minimum absolute atomic E-state index is 0.0193. The molecule has 0 atom stereocenters. The third kappa shape index (κ3) is 3.08. The van der Waals surface area contributed by atoms with Crippen molar-refractivity contribution in [3.8, 4) is 34.6 Å². The summed E-state index contributed by atoms with van der Waals surface area (Å²) in [6, 6.07) is 10.5. The first-order valence-electron chi connectivity index (χ1n) is 9.60. The Balaban J connectivity index is 1.98. The number of hydrogen-bond acceptors (Lipinski definition) is 5. The van der Waals surface area contributed by atoms with Crippen molar-refractivity contribution in [2.75, 3.05) is 0 Å². The number of aromatic amines is 1. The molecule has 0 amide bonds. The molecule has 0 bridgehead atoms. The summed E-state index contributed by atoms with van der Waals surface area (Å²) >= 11 is 0. The van der Waals surface area contributed by atoms with Crippen LogP contribution in [0.3, 0.4) is 0 Å². The van der Waals surface area contributed by atoms with E-state index in [0.717, 1.165) is 16.6 Å². The van der Waals surface area contributed by atoms with Crippen LogP contribution in [0.1, 0.15) is 50.8 Å². The fraction of sp³-hybridized carbons (Fsp3) is 0.273. The highest BCUT2D eigenvalue weighted by atomic mass is 16.3. The monoisotopic (exact) mass is 392 g/mol. The van der Waals surface area contributed by atoms with Crippen LogP contribution < -0.4 is 0 Å². The number of aromatic hydroxyl groups is 3. The molecular weight excluding hydrogens is 368 g/mol. The summed E-state index contributed by atoms with van der Waals surface area (Å²) in [6.07, 6.45) is 0. The van der Waals surface area contributed by atoms with Gasteiger partial charge in [-0.2, -0.15) is 0 Å². The van der Waals surface area contributed by atoms with Crippen LogP contribution in [-0.2, 0) is 0 Å². The summed E-state index contributed by atoms with van der Waals surface area (Å²) in [4.78, 5) is 3.40. The molecule has 0 fully saturated rings. The second-order valence-electron chi connectivity index (χ2n) is 7.86. The van der Waals surface area contributed by atoms with Gasteiger partial charge in [0.05, 0.1) is 11.3 Å². The van der Waals surface area contributed by atoms with Crippen LogP contribution >= 0.6 is 0 Å². The van der Waals surface area contributed by atoms with Crippen molar-refractivity contribution in [2.24, 2.45) is 0 Å². The molecule has 0 unspecified atom stereocenters. The van der Waals surface area contributed by atoms with E-state index < -0.39 is 0 Å². The molecule has 0 radical (unpaired) electrons. The average Bonchev–Trinajstić information content (AvgIpc) is 3.25. The summed E-state index contributed by atoms with van der Waals surface area (Å²) in [5, 5.41) is 40.0. The average molecular weight is 392 g/mol. The first kappa shape index (κ1) is 18.9. The van der Waals surface area contributed by atoms with E-state index in [0.29, 0.717) is 28.6 Å². The lowest BCUT2D eigenvalue weighted by atomic mass is 9.98. The molecule has 4 rings (SSSR count). The maximum atomic E-state index is 10.5. The molecule has 7 nitrogen and oxygen atoms in total. The fourth-order valence-corrected chi connectivity index (χ4v) is 3.57. The Morgan fingerprint density at radius 1 is 0.897 bits per heavy atom. The molecule has 2 aromatic carbocycles. The van der Waals surface area contributed by atoms with Crippen LogP contribution in [0.2, 0.25) is 0 Å². The zero-order chi connectivity index (χ0) is 20.9. The van der Waals surface area contributed by atoms with Crippen LogP contribution in [-0.4, -0.2) is 35.1 Å². The van der Waals surface area contributed by atoms with Gasteiger partial charge in [-0.3, -0.25) is 0 Å². The summed E-state index contributed by atoms with van der Waals surface area (Å²) < 4.78 is 1.51. The maximum Gasteiger partial charge on any atom is 0.319 e. The Kier molecular flexibility index (Phi) is 4.45. The fourth-order valence-electron chi connectivity index (χ4n) is 3.57. The number of phenolic OH excluding ortho intramolecular Hbond substituents is 2. The number of hydrogen-bond donors (Lipinski definition) is 4. The van der Waals surface area contributed by atoms with Crippen LogP contribution in [0.5, 0.6) is 17.5 Å². The zero-order valence-electron chi connectivity index (χ0n) is 16.8. The molecule has 0 aliphatic heterocycles. The van der Waals surface area contributed by atoms with E-state index in [1.54, 1.807) is 6.07 Å². The Bertz CT molecular complexity index is 1200. The molecule has 0 aliphatic carbocycles. The number of aromatic nitrogens is 4. The normalized spacial score (nSPS) is 11.8. The van der Waals surface area contributed by atoms with Gasteiger partial charge in [-0.25, -0.2) is 4.57 Å². The number of benzene rings is 2. The molecule has 4 N–H and O–H groups in total. The Labute approximate surface area is 168 Å². The van der Waals surface area contributed by atoms with E-state index in [4.69, 9.17) is 0 Å². The largest absolute Gasteiger partial charge is 0.508 e. The lowest BCUT2D eigenvalue weighted by Gasteiger charge is -2.14. The Morgan fingerprint density at radius 3 is 2.34 bits per heavy atom. The first-order valence-corrected chi connectivity index (χ1v) is 9.60. The topological polar surface area (TPSA) is 107 Å². The molecule has 0 spiro atoms. The summed E-state index contributed by atoms with van der Waals surface area (Å²) in [6.45, 7) is 8.11. The minimum Gasteiger partial charge on any atom is -0.508 e. The lowest BCUT2D eigenvalue weighted by molar-refractivity contribution is 0.420. The molecule has 2 heterocycles. The zero-order valence-corrected chi connectivity index (χ0v) is 16.8. The summed E-state index contributed by atoms with van der Waals surface area (Å²) in [7, 11) is 0. The second kappa shape index (κ2) is 6.84. The molecule has 150 valence electrons. The van der Waals surface area contributed by atoms with Crippen molar-refractivity contribution in [2.45, 2.75) is 39.5 Å². The highest BCUT2D eigenvalue weighted by Gasteiger charge is 2.22. The van der Waals surface area contributed by atoms with Crippen molar-refractivity contribution in [1.29, 1.82) is 0 Å². The summed E-state index contributed by atoms with van der Waals surface area (Å²) in [5.74, 6) is 0.539. The van der Waals surface area contributed by atoms with E-state index in [2.05, 4.69) is 35.1 Å². The predicted molar refractivity (Wildman–Crippen MR) is 112 cm³/mol. The minimum atomic E-state index is -0.279. The van der Waals surface area contributed by atoms with Gasteiger partial charge >= 0.3 is 6.01 Å². The van der Waals surface area contributed by atoms with Gasteiger partial charge in [0.1, 0.15) is 11.5 Å². The van der Waals surface area contributed by atoms with Crippen molar-refractivity contribution < 1.29 is 15.3 Å². The molecule has 7 heteroatoms. The van der Waals surface area contributed by atoms with E-state index >= 15 is 0 Å². The standard InChI is InChI=1S/C22H24N4O3/c1-11(2)13-8-15(20(28)10-19(13)27)21-24-25-22(29)26(21)18-7-5-6-16-14(18)9-17(23-16)12(3)4/h5-12,23,27-28H,1-4H3,(H,25,29). The number of nitrogens with one attached hydrogen (secondary N) is 1. The molecule has 0 saturated carbocycles. The van der Waals surface area contributed by atoms with Crippen LogP contribution in [0.4, 0.5) is 0 Å². The van der Waals surface area contributed by atoms with Gasteiger partial charge in [0, 0.05) is 22.7 Å². The smallest absolute Gasteiger partial charge is 0.319 e. The first-order chi connectivity index (χ1) is 13.8. The third-order valence-electron chi connectivity index (χ3n) is 5.18. The predicted octanol–water partition coefficient (Wildman–Crippen LogP) is 4.78. The van der Waals surface area contributed by atoms with Crippen LogP contribution in [0, 0.1) is 0 Å². The third-order valence-corrected chi connectivity index (χ3v) is 5.18. The van der Waals surface area contributed by atoms with Gasteiger partial charge in [-0.05, 0) is 41.7 Å². The molecular formula is C22H24N4O3. The number of phenols is 2. The van der Waals surface area contributed by atoms with E-state index in [1.165, 1.54) is 10.6 Å². The van der Waals surface area contributed by atoms with Crippen molar-refractivity contribution in [3.63, 3.8) is 0 Å². The van der Waals surface area contributed by atoms with Crippen LogP contribution in [0.15, 0.2) is 36.4 Å². The van der Waals surface area contributed by atoms with Gasteiger partial charge in [-0.1, -0.05) is 38.9 Å². The number of fused-ring (bicyclic) bond motifs is 1. The molecule has 0 saturated heterocycles. The van der Waals surface area contributed by atoms with Gasteiger partial charge in [0.2, 0.25) is 0 Å². The van der Waals surface area contributed by atoms with E-state index in [-0.39, 0.29) is 23.4 Å². The van der Waals surface area contributed by atoms with Crippen molar-refractivity contribution in [3.05, 3.63) is 47.7 Å². The van der Waals surface area contributed by atoms with E-state index in [1.807, 2.05) is 32.0 Å². The summed E-state index contributed by atoms with van der Waals surface area (Å²) in [5.41, 5.74) is 3.77.